The van der Waals surface area contributed by atoms with Crippen molar-refractivity contribution in [3.63, 3.8) is 0 Å². The van der Waals surface area contributed by atoms with Gasteiger partial charge in [-0.15, -0.1) is 11.3 Å². The molecule has 3 aromatic rings. The number of amides is 1. The van der Waals surface area contributed by atoms with Gasteiger partial charge in [-0.3, -0.25) is 4.79 Å². The lowest BCUT2D eigenvalue weighted by atomic mass is 10.1. The molecule has 3 nitrogen and oxygen atoms in total. The highest BCUT2D eigenvalue weighted by atomic mass is 32.2. The standard InChI is InChI=1S/C18H15FN2OS2/c19-12-7-5-11(6-8-12)16(17(22)20-13-9-10-13)24-18-21-14-3-1-2-4-15(14)23-18/h1-8,13,16H,9-10H2,(H,20,22). The van der Waals surface area contributed by atoms with E-state index in [4.69, 9.17) is 0 Å². The Morgan fingerprint density at radius 1 is 1.21 bits per heavy atom. The molecule has 0 saturated heterocycles. The van der Waals surface area contributed by atoms with Gasteiger partial charge in [0.25, 0.3) is 0 Å². The number of carbonyl (C=O) groups excluding carboxylic acids is 1. The van der Waals surface area contributed by atoms with Crippen LogP contribution in [0.15, 0.2) is 52.9 Å². The SMILES string of the molecule is O=C(NC1CC1)C(Sc1nc2ccccc2s1)c1ccc(F)cc1. The van der Waals surface area contributed by atoms with E-state index in [0.717, 1.165) is 33.0 Å². The minimum Gasteiger partial charge on any atom is -0.352 e. The molecule has 1 amide bonds. The van der Waals surface area contributed by atoms with Gasteiger partial charge in [-0.05, 0) is 42.7 Å². The van der Waals surface area contributed by atoms with Gasteiger partial charge in [0, 0.05) is 6.04 Å². The Balaban J connectivity index is 1.63. The van der Waals surface area contributed by atoms with Crippen LogP contribution in [-0.2, 0) is 4.79 Å². The molecule has 1 aliphatic rings. The summed E-state index contributed by atoms with van der Waals surface area (Å²) in [7, 11) is 0. The van der Waals surface area contributed by atoms with E-state index in [1.165, 1.54) is 23.9 Å². The molecule has 1 heterocycles. The lowest BCUT2D eigenvalue weighted by Gasteiger charge is -2.15. The maximum absolute atomic E-state index is 13.2. The zero-order valence-electron chi connectivity index (χ0n) is 12.7. The van der Waals surface area contributed by atoms with E-state index < -0.39 is 5.25 Å². The van der Waals surface area contributed by atoms with Crippen molar-refractivity contribution < 1.29 is 9.18 Å². The van der Waals surface area contributed by atoms with Crippen LogP contribution in [-0.4, -0.2) is 16.9 Å². The van der Waals surface area contributed by atoms with Crippen LogP contribution in [0.1, 0.15) is 23.7 Å². The zero-order valence-corrected chi connectivity index (χ0v) is 14.4. The Morgan fingerprint density at radius 2 is 1.96 bits per heavy atom. The molecular weight excluding hydrogens is 343 g/mol. The Bertz CT molecular complexity index is 841. The van der Waals surface area contributed by atoms with Crippen molar-refractivity contribution in [2.75, 3.05) is 0 Å². The fraction of sp³-hybridized carbons (Fsp3) is 0.222. The van der Waals surface area contributed by atoms with Gasteiger partial charge >= 0.3 is 0 Å². The van der Waals surface area contributed by atoms with E-state index in [1.54, 1.807) is 23.5 Å². The van der Waals surface area contributed by atoms with Crippen LogP contribution < -0.4 is 5.32 Å². The quantitative estimate of drug-likeness (QED) is 0.681. The number of thiazole rings is 1. The van der Waals surface area contributed by atoms with Crippen LogP contribution in [0.5, 0.6) is 0 Å². The highest BCUT2D eigenvalue weighted by molar-refractivity contribution is 8.02. The highest BCUT2D eigenvalue weighted by Gasteiger charge is 2.29. The third kappa shape index (κ3) is 3.44. The van der Waals surface area contributed by atoms with Gasteiger partial charge in [-0.25, -0.2) is 9.37 Å². The molecule has 1 atom stereocenters. The Hall–Kier alpha value is -1.92. The summed E-state index contributed by atoms with van der Waals surface area (Å²) in [5.74, 6) is -0.335. The number of rotatable bonds is 5. The molecule has 1 aliphatic carbocycles. The molecule has 122 valence electrons. The average Bonchev–Trinajstić information content (AvgIpc) is 3.29. The van der Waals surface area contributed by atoms with Crippen molar-refractivity contribution in [3.05, 3.63) is 59.9 Å². The van der Waals surface area contributed by atoms with Crippen molar-refractivity contribution >= 4 is 39.2 Å². The predicted octanol–water partition coefficient (Wildman–Crippen LogP) is 4.55. The molecule has 1 unspecified atom stereocenters. The van der Waals surface area contributed by atoms with Crippen molar-refractivity contribution in [1.82, 2.24) is 10.3 Å². The van der Waals surface area contributed by atoms with Gasteiger partial charge in [-0.2, -0.15) is 0 Å². The molecular formula is C18H15FN2OS2. The number of nitrogens with one attached hydrogen (secondary N) is 1. The third-order valence-electron chi connectivity index (χ3n) is 3.83. The first-order valence-corrected chi connectivity index (χ1v) is 9.47. The van der Waals surface area contributed by atoms with E-state index >= 15 is 0 Å². The monoisotopic (exact) mass is 358 g/mol. The van der Waals surface area contributed by atoms with E-state index in [-0.39, 0.29) is 17.8 Å². The van der Waals surface area contributed by atoms with Crippen LogP contribution in [0.2, 0.25) is 0 Å². The summed E-state index contributed by atoms with van der Waals surface area (Å²) >= 11 is 3.00. The molecule has 0 aliphatic heterocycles. The van der Waals surface area contributed by atoms with Crippen molar-refractivity contribution in [1.29, 1.82) is 0 Å². The molecule has 2 aromatic carbocycles. The second-order valence-electron chi connectivity index (χ2n) is 5.78. The summed E-state index contributed by atoms with van der Waals surface area (Å²) in [5, 5.41) is 2.62. The minimum absolute atomic E-state index is 0.0339. The van der Waals surface area contributed by atoms with Gasteiger partial charge in [-0.1, -0.05) is 36.0 Å². The Kier molecular flexibility index (Phi) is 4.24. The largest absolute Gasteiger partial charge is 0.352 e. The maximum Gasteiger partial charge on any atom is 0.238 e. The summed E-state index contributed by atoms with van der Waals surface area (Å²) in [6.07, 6.45) is 2.07. The summed E-state index contributed by atoms with van der Waals surface area (Å²) in [6, 6.07) is 14.3. The number of benzene rings is 2. The lowest BCUT2D eigenvalue weighted by Crippen LogP contribution is -2.29. The summed E-state index contributed by atoms with van der Waals surface area (Å²) in [6.45, 7) is 0. The van der Waals surface area contributed by atoms with Crippen molar-refractivity contribution in [3.8, 4) is 0 Å². The fourth-order valence-corrected chi connectivity index (χ4v) is 4.69. The number of hydrogen-bond acceptors (Lipinski definition) is 4. The molecule has 0 radical (unpaired) electrons. The van der Waals surface area contributed by atoms with Gasteiger partial charge in [0.15, 0.2) is 4.34 Å². The van der Waals surface area contributed by atoms with Crippen LogP contribution in [0.25, 0.3) is 10.2 Å². The molecule has 1 aromatic heterocycles. The van der Waals surface area contributed by atoms with E-state index in [2.05, 4.69) is 10.3 Å². The van der Waals surface area contributed by atoms with E-state index in [0.29, 0.717) is 0 Å². The molecule has 0 spiro atoms. The normalized spacial score (nSPS) is 15.4. The van der Waals surface area contributed by atoms with Gasteiger partial charge in [0.1, 0.15) is 11.1 Å². The maximum atomic E-state index is 13.2. The number of nitrogens with zero attached hydrogens (tertiary/aromatic N) is 1. The molecule has 6 heteroatoms. The second-order valence-corrected chi connectivity index (χ2v) is 8.16. The fourth-order valence-electron chi connectivity index (χ4n) is 2.42. The molecule has 4 rings (SSSR count). The summed E-state index contributed by atoms with van der Waals surface area (Å²) in [4.78, 5) is 17.2. The molecule has 1 saturated carbocycles. The van der Waals surface area contributed by atoms with Gasteiger partial charge in [0.2, 0.25) is 5.91 Å². The van der Waals surface area contributed by atoms with Gasteiger partial charge in [0.05, 0.1) is 10.2 Å². The van der Waals surface area contributed by atoms with Crippen molar-refractivity contribution in [2.24, 2.45) is 0 Å². The average molecular weight is 358 g/mol. The number of hydrogen-bond donors (Lipinski definition) is 1. The molecule has 1 fully saturated rings. The number of carbonyl (C=O) groups is 1. The first-order valence-electron chi connectivity index (χ1n) is 7.77. The zero-order chi connectivity index (χ0) is 16.5. The Morgan fingerprint density at radius 3 is 2.67 bits per heavy atom. The summed E-state index contributed by atoms with van der Waals surface area (Å²) in [5.41, 5.74) is 1.73. The topological polar surface area (TPSA) is 42.0 Å². The van der Waals surface area contributed by atoms with Crippen LogP contribution >= 0.6 is 23.1 Å². The predicted molar refractivity (Wildman–Crippen MR) is 95.8 cm³/mol. The highest BCUT2D eigenvalue weighted by Crippen LogP contribution is 2.40. The lowest BCUT2D eigenvalue weighted by molar-refractivity contribution is -0.120. The number of aromatic nitrogens is 1. The molecule has 24 heavy (non-hydrogen) atoms. The van der Waals surface area contributed by atoms with E-state index in [1.807, 2.05) is 24.3 Å². The number of halogens is 1. The smallest absolute Gasteiger partial charge is 0.238 e. The molecule has 1 N–H and O–H groups in total. The van der Waals surface area contributed by atoms with E-state index in [9.17, 15) is 9.18 Å². The number of thioether (sulfide) groups is 1. The summed E-state index contributed by atoms with van der Waals surface area (Å²) < 4.78 is 15.2. The second kappa shape index (κ2) is 6.53. The van der Waals surface area contributed by atoms with Crippen LogP contribution in [0.4, 0.5) is 4.39 Å². The Labute approximate surface area is 147 Å². The third-order valence-corrected chi connectivity index (χ3v) is 6.21. The number of para-hydroxylation sites is 1. The first-order chi connectivity index (χ1) is 11.7. The van der Waals surface area contributed by atoms with Crippen LogP contribution in [0, 0.1) is 5.82 Å². The van der Waals surface area contributed by atoms with Crippen LogP contribution in [0.3, 0.4) is 0 Å². The van der Waals surface area contributed by atoms with Crippen molar-refractivity contribution in [2.45, 2.75) is 28.5 Å². The molecule has 0 bridgehead atoms. The van der Waals surface area contributed by atoms with Gasteiger partial charge < -0.3 is 5.32 Å². The minimum atomic E-state index is -0.424. The first kappa shape index (κ1) is 15.6. The number of fused-ring (bicyclic) bond motifs is 1.